The average Bonchev–Trinajstić information content (AvgIpc) is 2.16. The van der Waals surface area contributed by atoms with Crippen molar-refractivity contribution in [3.63, 3.8) is 0 Å². The lowest BCUT2D eigenvalue weighted by Crippen LogP contribution is -2.57. The Balaban J connectivity index is 2.81. The Morgan fingerprint density at radius 3 is 2.20 bits per heavy atom. The Bertz CT molecular complexity index is 222. The SMILES string of the molecule is CCOC1(OCC)OC(C)C(C)OC1=O. The van der Waals surface area contributed by atoms with Gasteiger partial charge in [-0.05, 0) is 27.7 Å². The van der Waals surface area contributed by atoms with Crippen LogP contribution in [0.15, 0.2) is 0 Å². The molecule has 0 saturated carbocycles. The summed E-state index contributed by atoms with van der Waals surface area (Å²) in [4.78, 5) is 11.7. The van der Waals surface area contributed by atoms with Crippen molar-refractivity contribution in [2.45, 2.75) is 45.9 Å². The van der Waals surface area contributed by atoms with Crippen LogP contribution in [0.3, 0.4) is 0 Å². The van der Waals surface area contributed by atoms with Crippen molar-refractivity contribution in [2.24, 2.45) is 0 Å². The second kappa shape index (κ2) is 4.92. The molecule has 0 aromatic carbocycles. The Morgan fingerprint density at radius 1 is 1.20 bits per heavy atom. The van der Waals surface area contributed by atoms with Gasteiger partial charge in [0.1, 0.15) is 6.10 Å². The molecule has 0 N–H and O–H groups in total. The molecule has 1 rings (SSSR count). The summed E-state index contributed by atoms with van der Waals surface area (Å²) in [5.41, 5.74) is 0. The Morgan fingerprint density at radius 2 is 1.73 bits per heavy atom. The van der Waals surface area contributed by atoms with Crippen molar-refractivity contribution >= 4 is 5.97 Å². The van der Waals surface area contributed by atoms with E-state index in [1.165, 1.54) is 0 Å². The van der Waals surface area contributed by atoms with Crippen molar-refractivity contribution in [3.8, 4) is 0 Å². The maximum atomic E-state index is 11.7. The van der Waals surface area contributed by atoms with Crippen LogP contribution >= 0.6 is 0 Å². The van der Waals surface area contributed by atoms with E-state index in [2.05, 4.69) is 0 Å². The van der Waals surface area contributed by atoms with Crippen LogP contribution in [0.4, 0.5) is 0 Å². The number of rotatable bonds is 4. The molecular formula is C10H18O5. The molecule has 1 heterocycles. The molecule has 1 aliphatic heterocycles. The molecule has 15 heavy (non-hydrogen) atoms. The number of esters is 1. The Hall–Kier alpha value is -0.650. The van der Waals surface area contributed by atoms with E-state index in [1.54, 1.807) is 20.8 Å². The maximum Gasteiger partial charge on any atom is 0.398 e. The molecule has 5 heteroatoms. The zero-order valence-corrected chi connectivity index (χ0v) is 9.61. The van der Waals surface area contributed by atoms with Crippen LogP contribution in [-0.2, 0) is 23.7 Å². The number of carbonyl (C=O) groups is 1. The highest BCUT2D eigenvalue weighted by Crippen LogP contribution is 2.27. The number of hydrogen-bond acceptors (Lipinski definition) is 5. The van der Waals surface area contributed by atoms with Crippen LogP contribution in [0.25, 0.3) is 0 Å². The first-order valence-corrected chi connectivity index (χ1v) is 5.22. The van der Waals surface area contributed by atoms with E-state index in [0.717, 1.165) is 0 Å². The fourth-order valence-electron chi connectivity index (χ4n) is 1.33. The summed E-state index contributed by atoms with van der Waals surface area (Å²) in [6.07, 6.45) is -0.535. The van der Waals surface area contributed by atoms with Gasteiger partial charge in [0.05, 0.1) is 19.3 Å². The second-order valence-corrected chi connectivity index (χ2v) is 3.36. The van der Waals surface area contributed by atoms with Gasteiger partial charge in [-0.2, -0.15) is 0 Å². The molecule has 2 unspecified atom stereocenters. The van der Waals surface area contributed by atoms with Crippen LogP contribution in [0.1, 0.15) is 27.7 Å². The summed E-state index contributed by atoms with van der Waals surface area (Å²) < 4.78 is 21.0. The molecule has 0 amide bonds. The molecule has 0 aromatic heterocycles. The highest BCUT2D eigenvalue weighted by molar-refractivity contribution is 5.77. The van der Waals surface area contributed by atoms with Gasteiger partial charge in [0.15, 0.2) is 0 Å². The smallest absolute Gasteiger partial charge is 0.398 e. The fourth-order valence-corrected chi connectivity index (χ4v) is 1.33. The molecule has 0 radical (unpaired) electrons. The standard InChI is InChI=1S/C10H18O5/c1-5-12-10(13-6-2)9(11)14-7(3)8(4)15-10/h7-8H,5-6H2,1-4H3. The molecule has 1 aliphatic rings. The van der Waals surface area contributed by atoms with Gasteiger partial charge in [0.2, 0.25) is 0 Å². The van der Waals surface area contributed by atoms with Crippen molar-refractivity contribution in [1.82, 2.24) is 0 Å². The molecule has 1 fully saturated rings. The van der Waals surface area contributed by atoms with E-state index >= 15 is 0 Å². The average molecular weight is 218 g/mol. The molecule has 2 atom stereocenters. The van der Waals surface area contributed by atoms with E-state index in [0.29, 0.717) is 13.2 Å². The minimum Gasteiger partial charge on any atom is -0.454 e. The summed E-state index contributed by atoms with van der Waals surface area (Å²) in [5.74, 6) is -2.29. The highest BCUT2D eigenvalue weighted by Gasteiger charge is 2.51. The third-order valence-corrected chi connectivity index (χ3v) is 2.21. The Kier molecular flexibility index (Phi) is 4.07. The van der Waals surface area contributed by atoms with Crippen molar-refractivity contribution in [1.29, 1.82) is 0 Å². The van der Waals surface area contributed by atoms with Crippen LogP contribution in [0.2, 0.25) is 0 Å². The van der Waals surface area contributed by atoms with Gasteiger partial charge in [0, 0.05) is 0 Å². The van der Waals surface area contributed by atoms with Crippen LogP contribution in [0.5, 0.6) is 0 Å². The van der Waals surface area contributed by atoms with Gasteiger partial charge in [-0.25, -0.2) is 4.79 Å². The van der Waals surface area contributed by atoms with Crippen LogP contribution in [-0.4, -0.2) is 37.4 Å². The number of cyclic esters (lactones) is 1. The first-order valence-electron chi connectivity index (χ1n) is 5.22. The third-order valence-electron chi connectivity index (χ3n) is 2.21. The summed E-state index contributed by atoms with van der Waals surface area (Å²) in [5, 5.41) is 0. The third kappa shape index (κ3) is 2.48. The second-order valence-electron chi connectivity index (χ2n) is 3.36. The summed E-state index contributed by atoms with van der Waals surface area (Å²) >= 11 is 0. The quantitative estimate of drug-likeness (QED) is 0.521. The van der Waals surface area contributed by atoms with E-state index in [4.69, 9.17) is 18.9 Å². The molecule has 1 saturated heterocycles. The van der Waals surface area contributed by atoms with E-state index in [-0.39, 0.29) is 12.2 Å². The van der Waals surface area contributed by atoms with Gasteiger partial charge in [-0.15, -0.1) is 0 Å². The highest BCUT2D eigenvalue weighted by atomic mass is 16.9. The van der Waals surface area contributed by atoms with E-state index in [1.807, 2.05) is 6.92 Å². The minimum atomic E-state index is -1.67. The normalized spacial score (nSPS) is 30.0. The lowest BCUT2D eigenvalue weighted by atomic mass is 10.2. The fraction of sp³-hybridized carbons (Fsp3) is 0.900. The van der Waals surface area contributed by atoms with Gasteiger partial charge >= 0.3 is 11.9 Å². The van der Waals surface area contributed by atoms with E-state index < -0.39 is 11.9 Å². The molecule has 0 aromatic rings. The molecule has 0 spiro atoms. The van der Waals surface area contributed by atoms with E-state index in [9.17, 15) is 4.79 Å². The predicted octanol–water partition coefficient (Wildman–Crippen LogP) is 1.06. The van der Waals surface area contributed by atoms with Crippen molar-refractivity contribution in [2.75, 3.05) is 13.2 Å². The zero-order chi connectivity index (χ0) is 11.5. The lowest BCUT2D eigenvalue weighted by Gasteiger charge is -2.39. The van der Waals surface area contributed by atoms with Gasteiger partial charge in [-0.1, -0.05) is 0 Å². The number of hydrogen-bond donors (Lipinski definition) is 0. The topological polar surface area (TPSA) is 54.0 Å². The summed E-state index contributed by atoms with van der Waals surface area (Å²) in [7, 11) is 0. The molecule has 5 nitrogen and oxygen atoms in total. The first kappa shape index (κ1) is 12.4. The number of ether oxygens (including phenoxy) is 4. The van der Waals surface area contributed by atoms with Gasteiger partial charge in [0.25, 0.3) is 0 Å². The van der Waals surface area contributed by atoms with Crippen molar-refractivity contribution in [3.05, 3.63) is 0 Å². The molecule has 0 aliphatic carbocycles. The maximum absolute atomic E-state index is 11.7. The Labute approximate surface area is 89.6 Å². The molecule has 88 valence electrons. The monoisotopic (exact) mass is 218 g/mol. The largest absolute Gasteiger partial charge is 0.454 e. The lowest BCUT2D eigenvalue weighted by molar-refractivity contribution is -0.397. The molecule has 0 bridgehead atoms. The van der Waals surface area contributed by atoms with Gasteiger partial charge in [-0.3, -0.25) is 0 Å². The summed E-state index contributed by atoms with van der Waals surface area (Å²) in [6, 6.07) is 0. The minimum absolute atomic E-state index is 0.249. The van der Waals surface area contributed by atoms with Crippen LogP contribution < -0.4 is 0 Å². The van der Waals surface area contributed by atoms with Crippen molar-refractivity contribution < 1.29 is 23.7 Å². The number of carbonyl (C=O) groups excluding carboxylic acids is 1. The van der Waals surface area contributed by atoms with Gasteiger partial charge < -0.3 is 18.9 Å². The van der Waals surface area contributed by atoms with Crippen LogP contribution in [0, 0.1) is 0 Å². The predicted molar refractivity (Wildman–Crippen MR) is 52.1 cm³/mol. The zero-order valence-electron chi connectivity index (χ0n) is 9.61. The first-order chi connectivity index (χ1) is 7.05. The summed E-state index contributed by atoms with van der Waals surface area (Å²) in [6.45, 7) is 7.74. The molecular weight excluding hydrogens is 200 g/mol.